The first-order valence-corrected chi connectivity index (χ1v) is 12.0. The zero-order chi connectivity index (χ0) is 26.7. The molecule has 36 heavy (non-hydrogen) atoms. The maximum atomic E-state index is 13.2. The summed E-state index contributed by atoms with van der Waals surface area (Å²) in [5.74, 6) is -2.97. The molecule has 0 radical (unpaired) electrons. The van der Waals surface area contributed by atoms with Crippen LogP contribution < -0.4 is 21.7 Å². The summed E-state index contributed by atoms with van der Waals surface area (Å²) in [5, 5.41) is 17.5. The normalized spacial score (nSPS) is 13.8. The number of benzene rings is 1. The fraction of sp³-hybridized carbons (Fsp3) is 0.480. The first kappa shape index (κ1) is 28.5. The van der Waals surface area contributed by atoms with Crippen LogP contribution in [0.2, 0.25) is 0 Å². The molecule has 0 aliphatic rings. The summed E-state index contributed by atoms with van der Waals surface area (Å²) in [7, 11) is 0. The fourth-order valence-corrected chi connectivity index (χ4v) is 3.49. The van der Waals surface area contributed by atoms with Crippen LogP contribution >= 0.6 is 0 Å². The Morgan fingerprint density at radius 1 is 1.06 bits per heavy atom. The Morgan fingerprint density at radius 3 is 2.33 bits per heavy atom. The highest BCUT2D eigenvalue weighted by Gasteiger charge is 2.35. The van der Waals surface area contributed by atoms with Gasteiger partial charge in [0.2, 0.25) is 17.7 Å². The molecule has 1 heterocycles. The van der Waals surface area contributed by atoms with Crippen LogP contribution in [0.15, 0.2) is 42.9 Å². The van der Waals surface area contributed by atoms with Gasteiger partial charge in [-0.2, -0.15) is 0 Å². The second-order valence-corrected chi connectivity index (χ2v) is 9.24. The van der Waals surface area contributed by atoms with Crippen molar-refractivity contribution < 1.29 is 24.3 Å². The number of aromatic nitrogens is 2. The molecule has 0 spiro atoms. The minimum atomic E-state index is -1.37. The van der Waals surface area contributed by atoms with E-state index in [1.54, 1.807) is 30.5 Å². The monoisotopic (exact) mass is 500 g/mol. The van der Waals surface area contributed by atoms with E-state index in [1.165, 1.54) is 20.2 Å². The highest BCUT2D eigenvalue weighted by Crippen LogP contribution is 2.09. The van der Waals surface area contributed by atoms with Gasteiger partial charge in [-0.25, -0.2) is 9.78 Å². The molecule has 0 saturated carbocycles. The number of carbonyl (C=O) groups excluding carboxylic acids is 3. The molecule has 0 aliphatic heterocycles. The van der Waals surface area contributed by atoms with Crippen LogP contribution in [0.5, 0.6) is 0 Å². The van der Waals surface area contributed by atoms with E-state index < -0.39 is 47.4 Å². The highest BCUT2D eigenvalue weighted by molar-refractivity contribution is 5.96. The average molecular weight is 501 g/mol. The number of hydrogen-bond donors (Lipinski definition) is 6. The van der Waals surface area contributed by atoms with Gasteiger partial charge in [0.15, 0.2) is 0 Å². The average Bonchev–Trinajstić information content (AvgIpc) is 3.35. The number of rotatable bonds is 14. The van der Waals surface area contributed by atoms with Crippen molar-refractivity contribution in [3.63, 3.8) is 0 Å². The summed E-state index contributed by atoms with van der Waals surface area (Å²) in [5.41, 5.74) is 5.78. The third-order valence-electron chi connectivity index (χ3n) is 5.70. The summed E-state index contributed by atoms with van der Waals surface area (Å²) in [6, 6.07) is 5.80. The summed E-state index contributed by atoms with van der Waals surface area (Å²) in [6.07, 6.45) is 5.24. The number of imidazole rings is 1. The van der Waals surface area contributed by atoms with E-state index >= 15 is 0 Å². The van der Waals surface area contributed by atoms with Crippen LogP contribution in [-0.2, 0) is 32.0 Å². The van der Waals surface area contributed by atoms with Crippen LogP contribution in [0.25, 0.3) is 0 Å². The second kappa shape index (κ2) is 13.4. The van der Waals surface area contributed by atoms with E-state index in [1.807, 2.05) is 13.0 Å². The Labute approximate surface area is 210 Å². The first-order chi connectivity index (χ1) is 17.0. The Hall–Kier alpha value is -3.73. The van der Waals surface area contributed by atoms with Crippen molar-refractivity contribution >= 4 is 23.7 Å². The van der Waals surface area contributed by atoms with Gasteiger partial charge in [0.1, 0.15) is 17.6 Å². The lowest BCUT2D eigenvalue weighted by Crippen LogP contribution is -2.62. The van der Waals surface area contributed by atoms with Gasteiger partial charge in [0.05, 0.1) is 18.1 Å². The number of amides is 3. The maximum Gasteiger partial charge on any atom is 0.326 e. The molecule has 0 fully saturated rings. The molecule has 2 rings (SSSR count). The van der Waals surface area contributed by atoms with Crippen molar-refractivity contribution in [1.82, 2.24) is 25.9 Å². The molecule has 0 saturated heterocycles. The number of carbonyl (C=O) groups is 4. The number of carboxylic acid groups (broad SMARTS) is 1. The molecule has 3 atom stereocenters. The third-order valence-corrected chi connectivity index (χ3v) is 5.70. The van der Waals surface area contributed by atoms with Crippen molar-refractivity contribution in [3.05, 3.63) is 54.1 Å². The number of unbranched alkanes of at least 4 members (excludes halogenated alkanes) is 1. The molecule has 0 aliphatic carbocycles. The van der Waals surface area contributed by atoms with E-state index in [9.17, 15) is 24.3 Å². The predicted molar refractivity (Wildman–Crippen MR) is 134 cm³/mol. The Morgan fingerprint density at radius 2 is 1.75 bits per heavy atom. The van der Waals surface area contributed by atoms with Crippen LogP contribution in [0.4, 0.5) is 0 Å². The van der Waals surface area contributed by atoms with Gasteiger partial charge in [0.25, 0.3) is 0 Å². The highest BCUT2D eigenvalue weighted by atomic mass is 16.4. The zero-order valence-electron chi connectivity index (χ0n) is 20.9. The lowest BCUT2D eigenvalue weighted by atomic mass is 10.0. The van der Waals surface area contributed by atoms with Crippen molar-refractivity contribution in [2.75, 3.05) is 0 Å². The van der Waals surface area contributed by atoms with Crippen molar-refractivity contribution in [2.45, 2.75) is 76.5 Å². The smallest absolute Gasteiger partial charge is 0.326 e. The molecule has 0 unspecified atom stereocenters. The molecule has 1 aromatic carbocycles. The van der Waals surface area contributed by atoms with Gasteiger partial charge in [0, 0.05) is 19.0 Å². The van der Waals surface area contributed by atoms with Crippen molar-refractivity contribution in [2.24, 2.45) is 5.73 Å². The molecule has 2 aromatic rings. The number of aliphatic carboxylic acids is 1. The molecular weight excluding hydrogens is 464 g/mol. The molecule has 1 aromatic heterocycles. The largest absolute Gasteiger partial charge is 0.480 e. The van der Waals surface area contributed by atoms with Gasteiger partial charge in [-0.3, -0.25) is 14.4 Å². The quantitative estimate of drug-likeness (QED) is 0.220. The Bertz CT molecular complexity index is 1010. The van der Waals surface area contributed by atoms with Crippen LogP contribution in [0.3, 0.4) is 0 Å². The van der Waals surface area contributed by atoms with Crippen molar-refractivity contribution in [3.8, 4) is 0 Å². The van der Waals surface area contributed by atoms with Crippen LogP contribution in [0.1, 0.15) is 51.3 Å². The Balaban J connectivity index is 2.14. The van der Waals surface area contributed by atoms with Crippen molar-refractivity contribution in [1.29, 1.82) is 0 Å². The lowest BCUT2D eigenvalue weighted by molar-refractivity contribution is -0.142. The predicted octanol–water partition coefficient (Wildman–Crippen LogP) is 0.661. The lowest BCUT2D eigenvalue weighted by Gasteiger charge is -2.29. The van der Waals surface area contributed by atoms with Gasteiger partial charge >= 0.3 is 5.97 Å². The molecule has 196 valence electrons. The van der Waals surface area contributed by atoms with Gasteiger partial charge in [-0.1, -0.05) is 50.1 Å². The van der Waals surface area contributed by atoms with E-state index in [0.717, 1.165) is 18.4 Å². The van der Waals surface area contributed by atoms with E-state index in [2.05, 4.69) is 25.9 Å². The number of aromatic amines is 1. The minimum absolute atomic E-state index is 0.0127. The summed E-state index contributed by atoms with van der Waals surface area (Å²) in [4.78, 5) is 57.4. The van der Waals surface area contributed by atoms with E-state index in [0.29, 0.717) is 12.1 Å². The topological polar surface area (TPSA) is 179 Å². The molecule has 11 nitrogen and oxygen atoms in total. The van der Waals surface area contributed by atoms with Gasteiger partial charge in [-0.05, 0) is 25.8 Å². The van der Waals surface area contributed by atoms with E-state index in [-0.39, 0.29) is 12.8 Å². The molecule has 0 bridgehead atoms. The SMILES string of the molecule is CCCC[C@H](N)C(=O)NC(C)(C)C(=O)N[C@@H](Cc1c[nH]cn1)C(=O)N[C@@H](Cc1ccccc1)C(=O)O. The second-order valence-electron chi connectivity index (χ2n) is 9.24. The number of H-pyrrole nitrogens is 1. The summed E-state index contributed by atoms with van der Waals surface area (Å²) >= 11 is 0. The van der Waals surface area contributed by atoms with Crippen LogP contribution in [-0.4, -0.2) is 62.4 Å². The number of nitrogens with two attached hydrogens (primary N) is 1. The maximum absolute atomic E-state index is 13.2. The number of carboxylic acids is 1. The van der Waals surface area contributed by atoms with Gasteiger partial charge in [-0.15, -0.1) is 0 Å². The minimum Gasteiger partial charge on any atom is -0.480 e. The number of nitrogens with zero attached hydrogens (tertiary/aromatic N) is 1. The fourth-order valence-electron chi connectivity index (χ4n) is 3.49. The van der Waals surface area contributed by atoms with Gasteiger partial charge < -0.3 is 31.8 Å². The number of nitrogens with one attached hydrogen (secondary N) is 4. The molecular formula is C25H36N6O5. The van der Waals surface area contributed by atoms with E-state index in [4.69, 9.17) is 5.73 Å². The Kier molecular flexibility index (Phi) is 10.6. The summed E-state index contributed by atoms with van der Waals surface area (Å²) in [6.45, 7) is 5.00. The summed E-state index contributed by atoms with van der Waals surface area (Å²) < 4.78 is 0. The molecule has 7 N–H and O–H groups in total. The third kappa shape index (κ3) is 8.81. The first-order valence-electron chi connectivity index (χ1n) is 12.0. The number of hydrogen-bond acceptors (Lipinski definition) is 6. The van der Waals surface area contributed by atoms with Crippen LogP contribution in [0, 0.1) is 0 Å². The zero-order valence-corrected chi connectivity index (χ0v) is 20.9. The molecule has 3 amide bonds. The standard InChI is InChI=1S/C25H36N6O5/c1-4-5-11-18(26)21(32)31-25(2,3)24(36)30-19(13-17-14-27-15-28-17)22(33)29-20(23(34)35)12-16-9-7-6-8-10-16/h6-10,14-15,18-20H,4-5,11-13,26H2,1-3H3,(H,27,28)(H,29,33)(H,30,36)(H,31,32)(H,34,35)/t18-,19-,20-/m0/s1. The molecule has 11 heteroatoms.